The van der Waals surface area contributed by atoms with E-state index >= 15 is 0 Å². The fourth-order valence-corrected chi connectivity index (χ4v) is 2.60. The maximum atomic E-state index is 11.6. The Morgan fingerprint density at radius 2 is 2.10 bits per heavy atom. The Labute approximate surface area is 129 Å². The number of alkyl halides is 1. The molecule has 21 heavy (non-hydrogen) atoms. The third kappa shape index (κ3) is 2.64. The van der Waals surface area contributed by atoms with Gasteiger partial charge < -0.3 is 10.3 Å². The number of halogens is 1. The van der Waals surface area contributed by atoms with E-state index < -0.39 is 5.41 Å². The molecule has 0 aliphatic rings. The van der Waals surface area contributed by atoms with Crippen LogP contribution in [0.4, 0.5) is 0 Å². The number of primary amides is 1. The van der Waals surface area contributed by atoms with Gasteiger partial charge in [0.25, 0.3) is 0 Å². The number of aromatic nitrogens is 4. The molecule has 2 N–H and O–H groups in total. The largest absolute Gasteiger partial charge is 0.369 e. The van der Waals surface area contributed by atoms with Gasteiger partial charge >= 0.3 is 0 Å². The van der Waals surface area contributed by atoms with Crippen LogP contribution in [0.3, 0.4) is 0 Å². The third-order valence-electron chi connectivity index (χ3n) is 3.73. The topological polar surface area (TPSA) is 78.7 Å². The number of rotatable bonds is 5. The van der Waals surface area contributed by atoms with E-state index in [0.29, 0.717) is 6.54 Å². The molecule has 0 spiro atoms. The molecule has 116 valence electrons. The molecule has 2 rings (SSSR count). The van der Waals surface area contributed by atoms with Gasteiger partial charge in [0, 0.05) is 13.6 Å². The Kier molecular flexibility index (Phi) is 4.02. The lowest BCUT2D eigenvalue weighted by atomic mass is 9.92. The second-order valence-electron chi connectivity index (χ2n) is 6.02. The van der Waals surface area contributed by atoms with Gasteiger partial charge in [-0.25, -0.2) is 4.98 Å². The molecule has 0 fully saturated rings. The van der Waals surface area contributed by atoms with Crippen LogP contribution in [0.1, 0.15) is 44.6 Å². The molecule has 0 aliphatic carbocycles. The molecule has 0 aromatic carbocycles. The van der Waals surface area contributed by atoms with Gasteiger partial charge in [0.2, 0.25) is 5.91 Å². The monoisotopic (exact) mass is 311 g/mol. The molecule has 0 aliphatic heterocycles. The van der Waals surface area contributed by atoms with Crippen molar-refractivity contribution in [3.05, 3.63) is 11.5 Å². The summed E-state index contributed by atoms with van der Waals surface area (Å²) in [6.45, 7) is 7.98. The van der Waals surface area contributed by atoms with Crippen molar-refractivity contribution in [2.75, 3.05) is 0 Å². The average molecular weight is 312 g/mol. The van der Waals surface area contributed by atoms with E-state index in [4.69, 9.17) is 17.3 Å². The van der Waals surface area contributed by atoms with Crippen LogP contribution in [0, 0.1) is 5.41 Å². The van der Waals surface area contributed by atoms with E-state index in [1.165, 1.54) is 0 Å². The summed E-state index contributed by atoms with van der Waals surface area (Å²) in [7, 11) is 1.87. The highest BCUT2D eigenvalue weighted by Crippen LogP contribution is 2.30. The first kappa shape index (κ1) is 15.8. The molecular weight excluding hydrogens is 290 g/mol. The number of aryl methyl sites for hydroxylation is 2. The second kappa shape index (κ2) is 5.33. The van der Waals surface area contributed by atoms with Crippen molar-refractivity contribution in [3.8, 4) is 0 Å². The molecule has 7 heteroatoms. The minimum absolute atomic E-state index is 0.259. The van der Waals surface area contributed by atoms with E-state index in [2.05, 4.69) is 10.1 Å². The van der Waals surface area contributed by atoms with Crippen molar-refractivity contribution in [2.45, 2.75) is 46.0 Å². The van der Waals surface area contributed by atoms with Crippen LogP contribution in [0.5, 0.6) is 0 Å². The number of hydrogen-bond acceptors (Lipinski definition) is 3. The Balaban J connectivity index is 2.67. The summed E-state index contributed by atoms with van der Waals surface area (Å²) in [6.07, 6.45) is 0.795. The molecule has 2 heterocycles. The molecule has 1 unspecified atom stereocenters. The third-order valence-corrected chi connectivity index (χ3v) is 3.93. The van der Waals surface area contributed by atoms with E-state index in [1.54, 1.807) is 4.68 Å². The standard InChI is InChI=1S/C14H22ClN5O/c1-6-9-10-12(19(5)18-9)20(11(17-10)8(2)15)7-14(3,4)13(16)21/h8H,6-7H2,1-5H3,(H2,16,21). The maximum absolute atomic E-state index is 11.6. The molecule has 0 saturated carbocycles. The lowest BCUT2D eigenvalue weighted by molar-refractivity contribution is -0.126. The number of fused-ring (bicyclic) bond motifs is 1. The number of hydrogen-bond donors (Lipinski definition) is 1. The highest BCUT2D eigenvalue weighted by molar-refractivity contribution is 6.20. The number of nitrogens with two attached hydrogens (primary N) is 1. The highest BCUT2D eigenvalue weighted by atomic mass is 35.5. The van der Waals surface area contributed by atoms with Gasteiger partial charge in [0.15, 0.2) is 5.65 Å². The number of carbonyl (C=O) groups is 1. The number of nitrogens with zero attached hydrogens (tertiary/aromatic N) is 4. The highest BCUT2D eigenvalue weighted by Gasteiger charge is 2.30. The number of amides is 1. The van der Waals surface area contributed by atoms with Gasteiger partial charge in [0.05, 0.1) is 16.5 Å². The SMILES string of the molecule is CCc1nn(C)c2c1nc(C(C)Cl)n2CC(C)(C)C(N)=O. The smallest absolute Gasteiger partial charge is 0.224 e. The van der Waals surface area contributed by atoms with Crippen LogP contribution >= 0.6 is 11.6 Å². The Morgan fingerprint density at radius 1 is 1.48 bits per heavy atom. The minimum Gasteiger partial charge on any atom is -0.369 e. The van der Waals surface area contributed by atoms with E-state index in [-0.39, 0.29) is 11.3 Å². The van der Waals surface area contributed by atoms with Crippen molar-refractivity contribution >= 4 is 28.7 Å². The zero-order chi connectivity index (χ0) is 15.9. The van der Waals surface area contributed by atoms with Crippen LogP contribution in [-0.4, -0.2) is 25.2 Å². The van der Waals surface area contributed by atoms with Crippen LogP contribution in [-0.2, 0) is 24.8 Å². The number of carbonyl (C=O) groups excluding carboxylic acids is 1. The van der Waals surface area contributed by atoms with Gasteiger partial charge in [0.1, 0.15) is 11.3 Å². The van der Waals surface area contributed by atoms with Gasteiger partial charge in [-0.1, -0.05) is 6.92 Å². The fourth-order valence-electron chi connectivity index (χ4n) is 2.43. The molecular formula is C14H22ClN5O. The van der Waals surface area contributed by atoms with Gasteiger partial charge in [-0.3, -0.25) is 9.48 Å². The normalized spacial score (nSPS) is 13.8. The van der Waals surface area contributed by atoms with Crippen molar-refractivity contribution in [3.63, 3.8) is 0 Å². The Hall–Kier alpha value is -1.56. The van der Waals surface area contributed by atoms with Crippen molar-refractivity contribution in [1.82, 2.24) is 19.3 Å². The van der Waals surface area contributed by atoms with Crippen LogP contribution in [0.25, 0.3) is 11.2 Å². The van der Waals surface area contributed by atoms with E-state index in [9.17, 15) is 4.79 Å². The Morgan fingerprint density at radius 3 is 2.57 bits per heavy atom. The quantitative estimate of drug-likeness (QED) is 0.859. The minimum atomic E-state index is -0.690. The second-order valence-corrected chi connectivity index (χ2v) is 6.67. The first-order chi connectivity index (χ1) is 9.69. The van der Waals surface area contributed by atoms with Crippen molar-refractivity contribution in [2.24, 2.45) is 18.2 Å². The summed E-state index contributed by atoms with van der Waals surface area (Å²) in [4.78, 5) is 16.3. The summed E-state index contributed by atoms with van der Waals surface area (Å²) in [5.74, 6) is 0.388. The lowest BCUT2D eigenvalue weighted by Crippen LogP contribution is -2.36. The molecule has 1 atom stereocenters. The number of imidazole rings is 1. The van der Waals surface area contributed by atoms with Crippen LogP contribution in [0.15, 0.2) is 0 Å². The van der Waals surface area contributed by atoms with E-state index in [1.807, 2.05) is 39.3 Å². The summed E-state index contributed by atoms with van der Waals surface area (Å²) >= 11 is 6.26. The summed E-state index contributed by atoms with van der Waals surface area (Å²) < 4.78 is 3.75. The molecule has 2 aromatic heterocycles. The first-order valence-corrected chi connectivity index (χ1v) is 7.48. The fraction of sp³-hybridized carbons (Fsp3) is 0.643. The predicted octanol–water partition coefficient (Wildman–Crippen LogP) is 2.14. The zero-order valence-corrected chi connectivity index (χ0v) is 13.9. The summed E-state index contributed by atoms with van der Waals surface area (Å²) in [5, 5.41) is 4.22. The zero-order valence-electron chi connectivity index (χ0n) is 13.1. The molecule has 0 saturated heterocycles. The van der Waals surface area contributed by atoms with Crippen LogP contribution in [0.2, 0.25) is 0 Å². The Bertz CT molecular complexity index is 683. The predicted molar refractivity (Wildman–Crippen MR) is 83.1 cm³/mol. The molecule has 1 amide bonds. The lowest BCUT2D eigenvalue weighted by Gasteiger charge is -2.23. The van der Waals surface area contributed by atoms with Gasteiger partial charge in [-0.05, 0) is 27.2 Å². The molecule has 2 aromatic rings. The van der Waals surface area contributed by atoms with Gasteiger partial charge in [-0.15, -0.1) is 11.6 Å². The van der Waals surface area contributed by atoms with Crippen LogP contribution < -0.4 is 5.73 Å². The van der Waals surface area contributed by atoms with Crippen molar-refractivity contribution < 1.29 is 4.79 Å². The molecule has 0 bridgehead atoms. The first-order valence-electron chi connectivity index (χ1n) is 7.05. The average Bonchev–Trinajstić information content (AvgIpc) is 2.88. The van der Waals surface area contributed by atoms with Crippen molar-refractivity contribution in [1.29, 1.82) is 0 Å². The van der Waals surface area contributed by atoms with Gasteiger partial charge in [-0.2, -0.15) is 5.10 Å². The van der Waals surface area contributed by atoms with E-state index in [0.717, 1.165) is 29.1 Å². The maximum Gasteiger partial charge on any atom is 0.224 e. The molecule has 0 radical (unpaired) electrons. The summed E-state index contributed by atoms with van der Waals surface area (Å²) in [5.41, 5.74) is 7.47. The summed E-state index contributed by atoms with van der Waals surface area (Å²) in [6, 6.07) is 0. The molecule has 6 nitrogen and oxygen atoms in total.